The molecule has 0 spiro atoms. The lowest BCUT2D eigenvalue weighted by atomic mass is 9.94. The van der Waals surface area contributed by atoms with Crippen LogP contribution in [0.2, 0.25) is 0 Å². The number of nitrogens with zero attached hydrogens (tertiary/aromatic N) is 5. The fraction of sp³-hybridized carbons (Fsp3) is 0.375. The molecule has 0 unspecified atom stereocenters. The highest BCUT2D eigenvalue weighted by molar-refractivity contribution is 6.00. The molecular formula is C24H27N5O. The summed E-state index contributed by atoms with van der Waals surface area (Å²) < 4.78 is 0. The normalized spacial score (nSPS) is 14.6. The second-order valence-corrected chi connectivity index (χ2v) is 7.78. The number of hydrogen-bond donors (Lipinski definition) is 0. The molecule has 1 aliphatic rings. The van der Waals surface area contributed by atoms with Crippen molar-refractivity contribution >= 4 is 5.71 Å². The Balaban J connectivity index is 1.35. The van der Waals surface area contributed by atoms with Crippen molar-refractivity contribution in [1.82, 2.24) is 19.9 Å². The molecule has 0 bridgehead atoms. The molecule has 0 amide bonds. The van der Waals surface area contributed by atoms with Gasteiger partial charge in [0.05, 0.1) is 5.69 Å². The van der Waals surface area contributed by atoms with Gasteiger partial charge < -0.3 is 4.84 Å². The van der Waals surface area contributed by atoms with Crippen molar-refractivity contribution in [3.8, 4) is 11.5 Å². The Morgan fingerprint density at radius 2 is 1.73 bits per heavy atom. The molecule has 154 valence electrons. The van der Waals surface area contributed by atoms with Crippen LogP contribution >= 0.6 is 0 Å². The molecule has 0 saturated carbocycles. The minimum Gasteiger partial charge on any atom is -0.396 e. The maximum atomic E-state index is 5.63. The van der Waals surface area contributed by atoms with Crippen LogP contribution in [0.4, 0.5) is 0 Å². The van der Waals surface area contributed by atoms with Crippen LogP contribution in [0.25, 0.3) is 11.5 Å². The first-order valence-corrected chi connectivity index (χ1v) is 10.5. The predicted octanol–water partition coefficient (Wildman–Crippen LogP) is 4.55. The fourth-order valence-corrected chi connectivity index (χ4v) is 3.72. The van der Waals surface area contributed by atoms with Gasteiger partial charge in [0.2, 0.25) is 0 Å². The Kier molecular flexibility index (Phi) is 6.12. The van der Waals surface area contributed by atoms with Crippen LogP contribution in [0.1, 0.15) is 53.3 Å². The molecular weight excluding hydrogens is 374 g/mol. The second-order valence-electron chi connectivity index (χ2n) is 7.78. The molecule has 3 aromatic heterocycles. The largest absolute Gasteiger partial charge is 0.396 e. The zero-order chi connectivity index (χ0) is 20.9. The van der Waals surface area contributed by atoms with Crippen molar-refractivity contribution in [2.24, 2.45) is 5.16 Å². The Morgan fingerprint density at radius 3 is 2.57 bits per heavy atom. The highest BCUT2D eigenvalue weighted by Crippen LogP contribution is 2.21. The van der Waals surface area contributed by atoms with Crippen LogP contribution in [-0.4, -0.2) is 32.3 Å². The number of aromatic nitrogens is 4. The van der Waals surface area contributed by atoms with Crippen LogP contribution < -0.4 is 0 Å². The monoisotopic (exact) mass is 401 g/mol. The fourth-order valence-electron chi connectivity index (χ4n) is 3.72. The first kappa shape index (κ1) is 20.1. The van der Waals surface area contributed by atoms with E-state index in [1.165, 1.54) is 5.56 Å². The summed E-state index contributed by atoms with van der Waals surface area (Å²) in [5.41, 5.74) is 7.96. The third-order valence-electron chi connectivity index (χ3n) is 5.11. The predicted molar refractivity (Wildman–Crippen MR) is 117 cm³/mol. The summed E-state index contributed by atoms with van der Waals surface area (Å²) in [6, 6.07) is 12.2. The van der Waals surface area contributed by atoms with Gasteiger partial charge in [0.1, 0.15) is 18.0 Å². The van der Waals surface area contributed by atoms with Crippen molar-refractivity contribution in [1.29, 1.82) is 0 Å². The molecule has 30 heavy (non-hydrogen) atoms. The zero-order valence-electron chi connectivity index (χ0n) is 17.9. The van der Waals surface area contributed by atoms with Crippen LogP contribution in [0.15, 0.2) is 41.6 Å². The molecule has 6 nitrogen and oxygen atoms in total. The van der Waals surface area contributed by atoms with E-state index >= 15 is 0 Å². The summed E-state index contributed by atoms with van der Waals surface area (Å²) in [6.45, 7) is 6.51. The van der Waals surface area contributed by atoms with E-state index in [4.69, 9.17) is 9.82 Å². The molecule has 0 saturated heterocycles. The summed E-state index contributed by atoms with van der Waals surface area (Å²) in [7, 11) is 0. The lowest BCUT2D eigenvalue weighted by Gasteiger charge is -2.16. The number of hydrogen-bond acceptors (Lipinski definition) is 6. The second kappa shape index (κ2) is 9.11. The summed E-state index contributed by atoms with van der Waals surface area (Å²) in [5, 5.41) is 4.40. The van der Waals surface area contributed by atoms with Crippen molar-refractivity contribution in [3.05, 3.63) is 70.4 Å². The summed E-state index contributed by atoms with van der Waals surface area (Å²) in [6.07, 6.45) is 4.74. The molecule has 0 N–H and O–H groups in total. The molecule has 3 heterocycles. The van der Waals surface area contributed by atoms with E-state index in [9.17, 15) is 0 Å². The molecule has 0 atom stereocenters. The average Bonchev–Trinajstić information content (AvgIpc) is 2.73. The Hall–Kier alpha value is -3.15. The summed E-state index contributed by atoms with van der Waals surface area (Å²) in [4.78, 5) is 24.0. The lowest BCUT2D eigenvalue weighted by molar-refractivity contribution is 0.141. The summed E-state index contributed by atoms with van der Waals surface area (Å²) in [5.74, 6) is 0.677. The Labute approximate surface area is 177 Å². The van der Waals surface area contributed by atoms with E-state index in [2.05, 4.69) is 32.2 Å². The van der Waals surface area contributed by atoms with Crippen molar-refractivity contribution in [3.63, 3.8) is 0 Å². The topological polar surface area (TPSA) is 73.2 Å². The maximum Gasteiger partial charge on any atom is 0.178 e. The van der Waals surface area contributed by atoms with Crippen molar-refractivity contribution in [2.45, 2.75) is 52.9 Å². The molecule has 0 aromatic carbocycles. The lowest BCUT2D eigenvalue weighted by Crippen LogP contribution is -2.15. The molecule has 0 aliphatic heterocycles. The number of pyridine rings is 2. The first-order valence-electron chi connectivity index (χ1n) is 10.5. The van der Waals surface area contributed by atoms with E-state index in [0.29, 0.717) is 12.4 Å². The van der Waals surface area contributed by atoms with Gasteiger partial charge in [0.15, 0.2) is 5.82 Å². The number of rotatable bonds is 6. The molecule has 4 rings (SSSR count). The Morgan fingerprint density at radius 1 is 0.900 bits per heavy atom. The SMILES string of the molecule is Cc1cc(C)nc(-c2cccc(CCCO/N=C3\CCCc4ccc(C)nc43)n2)n1. The molecule has 0 radical (unpaired) electrons. The number of fused-ring (bicyclic) bond motifs is 1. The highest BCUT2D eigenvalue weighted by Gasteiger charge is 2.17. The van der Waals surface area contributed by atoms with E-state index in [1.807, 2.05) is 45.0 Å². The molecule has 1 aliphatic carbocycles. The van der Waals surface area contributed by atoms with Gasteiger partial charge in [-0.2, -0.15) is 0 Å². The third-order valence-corrected chi connectivity index (χ3v) is 5.11. The molecule has 3 aromatic rings. The number of oxime groups is 1. The standard InChI is InChI=1S/C24H27N5O/c1-16-12-13-19-7-4-10-21(23(19)25-16)29-30-14-6-9-20-8-5-11-22(28-20)24-26-17(2)15-18(3)27-24/h5,8,11-13,15H,4,6-7,9-10,14H2,1-3H3/b29-21+. The minimum atomic E-state index is 0.552. The van der Waals surface area contributed by atoms with Gasteiger partial charge in [-0.3, -0.25) is 4.98 Å². The van der Waals surface area contributed by atoms with E-state index in [1.54, 1.807) is 0 Å². The average molecular weight is 402 g/mol. The van der Waals surface area contributed by atoms with Crippen LogP contribution in [0, 0.1) is 20.8 Å². The van der Waals surface area contributed by atoms with Gasteiger partial charge in [-0.15, -0.1) is 0 Å². The van der Waals surface area contributed by atoms with Crippen LogP contribution in [0.5, 0.6) is 0 Å². The van der Waals surface area contributed by atoms with Gasteiger partial charge in [0.25, 0.3) is 0 Å². The van der Waals surface area contributed by atoms with Crippen molar-refractivity contribution in [2.75, 3.05) is 6.61 Å². The van der Waals surface area contributed by atoms with Gasteiger partial charge in [-0.05, 0) is 82.7 Å². The van der Waals surface area contributed by atoms with E-state index in [0.717, 1.165) is 72.0 Å². The third kappa shape index (κ3) is 4.87. The Bertz CT molecular complexity index is 1060. The number of aryl methyl sites for hydroxylation is 5. The first-order chi connectivity index (χ1) is 14.6. The van der Waals surface area contributed by atoms with Crippen LogP contribution in [0.3, 0.4) is 0 Å². The van der Waals surface area contributed by atoms with Gasteiger partial charge in [-0.1, -0.05) is 17.3 Å². The highest BCUT2D eigenvalue weighted by atomic mass is 16.6. The van der Waals surface area contributed by atoms with Gasteiger partial charge >= 0.3 is 0 Å². The van der Waals surface area contributed by atoms with Gasteiger partial charge in [-0.25, -0.2) is 15.0 Å². The minimum absolute atomic E-state index is 0.552. The quantitative estimate of drug-likeness (QED) is 0.448. The smallest absolute Gasteiger partial charge is 0.178 e. The molecule has 6 heteroatoms. The van der Waals surface area contributed by atoms with Crippen molar-refractivity contribution < 1.29 is 4.84 Å². The van der Waals surface area contributed by atoms with E-state index in [-0.39, 0.29) is 0 Å². The molecule has 0 fully saturated rings. The maximum absolute atomic E-state index is 5.63. The zero-order valence-corrected chi connectivity index (χ0v) is 17.9. The van der Waals surface area contributed by atoms with Gasteiger partial charge in [0, 0.05) is 22.8 Å². The van der Waals surface area contributed by atoms with E-state index < -0.39 is 0 Å². The summed E-state index contributed by atoms with van der Waals surface area (Å²) >= 11 is 0. The van der Waals surface area contributed by atoms with Crippen LogP contribution in [-0.2, 0) is 17.7 Å².